The fourth-order valence-electron chi connectivity index (χ4n) is 1.14. The Labute approximate surface area is 89.3 Å². The summed E-state index contributed by atoms with van der Waals surface area (Å²) in [6, 6.07) is 5.63. The van der Waals surface area contributed by atoms with Gasteiger partial charge in [0.2, 0.25) is 5.91 Å². The third-order valence-electron chi connectivity index (χ3n) is 1.93. The zero-order chi connectivity index (χ0) is 11.1. The Morgan fingerprint density at radius 3 is 3.00 bits per heavy atom. The first-order valence-electron chi connectivity index (χ1n) is 5.03. The highest BCUT2D eigenvalue weighted by molar-refractivity contribution is 5.76. The maximum absolute atomic E-state index is 11.3. The number of nitrogens with one attached hydrogen (secondary N) is 1. The van der Waals surface area contributed by atoms with Crippen molar-refractivity contribution in [1.29, 1.82) is 0 Å². The highest BCUT2D eigenvalue weighted by atomic mass is 16.3. The van der Waals surface area contributed by atoms with Gasteiger partial charge >= 0.3 is 0 Å². The number of aliphatic hydroxyl groups excluding tert-OH is 1. The Hall–Kier alpha value is -1.42. The molecule has 0 saturated carbocycles. The molecule has 0 saturated heterocycles. The molecule has 1 aromatic rings. The van der Waals surface area contributed by atoms with E-state index in [0.29, 0.717) is 19.4 Å². The molecule has 0 fully saturated rings. The van der Waals surface area contributed by atoms with Crippen LogP contribution in [0.3, 0.4) is 0 Å². The van der Waals surface area contributed by atoms with Gasteiger partial charge in [-0.25, -0.2) is 0 Å². The summed E-state index contributed by atoms with van der Waals surface area (Å²) in [5.41, 5.74) is 0.907. The summed E-state index contributed by atoms with van der Waals surface area (Å²) in [5, 5.41) is 11.6. The largest absolute Gasteiger partial charge is 0.392 e. The lowest BCUT2D eigenvalue weighted by Crippen LogP contribution is -2.30. The molecular weight excluding hydrogens is 192 g/mol. The molecular formula is C11H16N2O2. The van der Waals surface area contributed by atoms with Crippen LogP contribution >= 0.6 is 0 Å². The van der Waals surface area contributed by atoms with Gasteiger partial charge in [-0.05, 0) is 25.5 Å². The summed E-state index contributed by atoms with van der Waals surface area (Å²) >= 11 is 0. The number of aromatic nitrogens is 1. The molecule has 4 nitrogen and oxygen atoms in total. The maximum Gasteiger partial charge on any atom is 0.220 e. The average molecular weight is 208 g/mol. The first-order chi connectivity index (χ1) is 7.18. The molecule has 0 aromatic carbocycles. The van der Waals surface area contributed by atoms with Gasteiger partial charge in [0.15, 0.2) is 0 Å². The minimum absolute atomic E-state index is 0.0541. The lowest BCUT2D eigenvalue weighted by Gasteiger charge is -2.06. The van der Waals surface area contributed by atoms with Gasteiger partial charge in [0, 0.05) is 24.9 Å². The zero-order valence-electron chi connectivity index (χ0n) is 8.81. The summed E-state index contributed by atoms with van der Waals surface area (Å²) in [7, 11) is 0. The van der Waals surface area contributed by atoms with E-state index in [1.165, 1.54) is 0 Å². The van der Waals surface area contributed by atoms with Crippen LogP contribution in [0, 0.1) is 0 Å². The Bertz CT molecular complexity index is 299. The first kappa shape index (κ1) is 11.7. The quantitative estimate of drug-likeness (QED) is 0.741. The monoisotopic (exact) mass is 208 g/mol. The molecule has 0 radical (unpaired) electrons. The van der Waals surface area contributed by atoms with Gasteiger partial charge in [-0.3, -0.25) is 9.78 Å². The van der Waals surface area contributed by atoms with Gasteiger partial charge < -0.3 is 10.4 Å². The number of rotatable bonds is 5. The number of hydrogen-bond acceptors (Lipinski definition) is 3. The first-order valence-corrected chi connectivity index (χ1v) is 5.03. The second-order valence-corrected chi connectivity index (χ2v) is 3.47. The SMILES string of the molecule is CC(O)CNC(=O)CCc1ccccn1. The van der Waals surface area contributed by atoms with Crippen LogP contribution in [0.1, 0.15) is 19.0 Å². The molecule has 1 heterocycles. The smallest absolute Gasteiger partial charge is 0.220 e. The maximum atomic E-state index is 11.3. The van der Waals surface area contributed by atoms with Gasteiger partial charge in [0.05, 0.1) is 6.10 Å². The predicted molar refractivity (Wildman–Crippen MR) is 57.2 cm³/mol. The molecule has 0 aliphatic rings. The molecule has 82 valence electrons. The molecule has 4 heteroatoms. The van der Waals surface area contributed by atoms with Crippen molar-refractivity contribution in [3.8, 4) is 0 Å². The molecule has 0 aliphatic heterocycles. The van der Waals surface area contributed by atoms with Gasteiger partial charge in [0.25, 0.3) is 0 Å². The number of nitrogens with zero attached hydrogens (tertiary/aromatic N) is 1. The second kappa shape index (κ2) is 6.14. The Morgan fingerprint density at radius 1 is 1.60 bits per heavy atom. The summed E-state index contributed by atoms with van der Waals surface area (Å²) in [6.07, 6.45) is 2.25. The Kier molecular flexibility index (Phi) is 4.77. The topological polar surface area (TPSA) is 62.2 Å². The molecule has 1 unspecified atom stereocenters. The molecule has 15 heavy (non-hydrogen) atoms. The molecule has 1 amide bonds. The Balaban J connectivity index is 2.23. The van der Waals surface area contributed by atoms with Gasteiger partial charge in [-0.2, -0.15) is 0 Å². The normalized spacial score (nSPS) is 12.1. The third-order valence-corrected chi connectivity index (χ3v) is 1.93. The van der Waals surface area contributed by atoms with Crippen LogP contribution in [0.4, 0.5) is 0 Å². The van der Waals surface area contributed by atoms with Crippen molar-refractivity contribution in [1.82, 2.24) is 10.3 Å². The lowest BCUT2D eigenvalue weighted by molar-refractivity contribution is -0.121. The second-order valence-electron chi connectivity index (χ2n) is 3.47. The van der Waals surface area contributed by atoms with E-state index in [1.807, 2.05) is 18.2 Å². The van der Waals surface area contributed by atoms with Crippen LogP contribution in [-0.4, -0.2) is 28.6 Å². The minimum atomic E-state index is -0.496. The van der Waals surface area contributed by atoms with Crippen molar-refractivity contribution in [2.75, 3.05) is 6.54 Å². The van der Waals surface area contributed by atoms with Gasteiger partial charge in [0.1, 0.15) is 0 Å². The molecule has 0 bridgehead atoms. The number of aryl methyl sites for hydroxylation is 1. The molecule has 1 rings (SSSR count). The van der Waals surface area contributed by atoms with E-state index in [9.17, 15) is 4.79 Å². The van der Waals surface area contributed by atoms with Crippen LogP contribution < -0.4 is 5.32 Å². The van der Waals surface area contributed by atoms with Crippen LogP contribution in [0.5, 0.6) is 0 Å². The number of hydrogen-bond donors (Lipinski definition) is 2. The van der Waals surface area contributed by atoms with Crippen LogP contribution in [0.2, 0.25) is 0 Å². The number of pyridine rings is 1. The highest BCUT2D eigenvalue weighted by Crippen LogP contribution is 1.97. The van der Waals surface area contributed by atoms with E-state index >= 15 is 0 Å². The molecule has 0 spiro atoms. The predicted octanol–water partition coefficient (Wildman–Crippen LogP) is 0.511. The van der Waals surface area contributed by atoms with E-state index in [4.69, 9.17) is 5.11 Å². The fourth-order valence-corrected chi connectivity index (χ4v) is 1.14. The number of carbonyl (C=O) groups excluding carboxylic acids is 1. The van der Waals surface area contributed by atoms with Crippen molar-refractivity contribution in [2.45, 2.75) is 25.9 Å². The van der Waals surface area contributed by atoms with Crippen molar-refractivity contribution in [3.05, 3.63) is 30.1 Å². The summed E-state index contributed by atoms with van der Waals surface area (Å²) in [4.78, 5) is 15.4. The van der Waals surface area contributed by atoms with Gasteiger partial charge in [-0.15, -0.1) is 0 Å². The summed E-state index contributed by atoms with van der Waals surface area (Å²) < 4.78 is 0. The van der Waals surface area contributed by atoms with E-state index in [2.05, 4.69) is 10.3 Å². The van der Waals surface area contributed by atoms with E-state index < -0.39 is 6.10 Å². The highest BCUT2D eigenvalue weighted by Gasteiger charge is 2.03. The number of aliphatic hydroxyl groups is 1. The number of carbonyl (C=O) groups is 1. The zero-order valence-corrected chi connectivity index (χ0v) is 8.81. The molecule has 1 atom stereocenters. The van der Waals surface area contributed by atoms with E-state index in [-0.39, 0.29) is 5.91 Å². The number of amides is 1. The molecule has 2 N–H and O–H groups in total. The summed E-state index contributed by atoms with van der Waals surface area (Å²) in [6.45, 7) is 1.94. The van der Waals surface area contributed by atoms with Crippen molar-refractivity contribution in [3.63, 3.8) is 0 Å². The fraction of sp³-hybridized carbons (Fsp3) is 0.455. The summed E-state index contributed by atoms with van der Waals surface area (Å²) in [5.74, 6) is -0.0541. The van der Waals surface area contributed by atoms with Gasteiger partial charge in [-0.1, -0.05) is 6.07 Å². The van der Waals surface area contributed by atoms with Crippen LogP contribution in [0.15, 0.2) is 24.4 Å². The van der Waals surface area contributed by atoms with E-state index in [0.717, 1.165) is 5.69 Å². The molecule has 1 aromatic heterocycles. The van der Waals surface area contributed by atoms with E-state index in [1.54, 1.807) is 13.1 Å². The standard InChI is InChI=1S/C11H16N2O2/c1-9(14)8-13-11(15)6-5-10-4-2-3-7-12-10/h2-4,7,9,14H,5-6,8H2,1H3,(H,13,15). The third kappa shape index (κ3) is 5.12. The lowest BCUT2D eigenvalue weighted by atomic mass is 10.2. The van der Waals surface area contributed by atoms with Crippen LogP contribution in [0.25, 0.3) is 0 Å². The van der Waals surface area contributed by atoms with Crippen LogP contribution in [-0.2, 0) is 11.2 Å². The Morgan fingerprint density at radius 2 is 2.40 bits per heavy atom. The average Bonchev–Trinajstić information content (AvgIpc) is 2.25. The minimum Gasteiger partial charge on any atom is -0.392 e. The van der Waals surface area contributed by atoms with Crippen molar-refractivity contribution >= 4 is 5.91 Å². The van der Waals surface area contributed by atoms with Crippen molar-refractivity contribution < 1.29 is 9.90 Å². The van der Waals surface area contributed by atoms with Crippen molar-refractivity contribution in [2.24, 2.45) is 0 Å². The molecule has 0 aliphatic carbocycles.